The number of hydrogen-bond acceptors (Lipinski definition) is 3. The first-order chi connectivity index (χ1) is 15.5. The molecule has 5 nitrogen and oxygen atoms in total. The van der Waals surface area contributed by atoms with E-state index in [0.29, 0.717) is 45.6 Å². The standard InChI is InChI=1S/C25H25F2N5/c1-12-13-3-7-15(8-4-13)21(12)31-25-20(27)19(14-5-6-14)23(28-2)22(32-25)18-11-30-24-17(18)9-16(26)10-29-24/h9-15,21H,3-8H2,1H3,(H,29,30)(H,31,32). The molecule has 0 saturated heterocycles. The highest BCUT2D eigenvalue weighted by Crippen LogP contribution is 2.51. The molecule has 2 atom stereocenters. The first kappa shape index (κ1) is 19.7. The maximum absolute atomic E-state index is 15.8. The summed E-state index contributed by atoms with van der Waals surface area (Å²) in [5.41, 5.74) is 2.20. The van der Waals surface area contributed by atoms with Crippen molar-refractivity contribution >= 4 is 22.5 Å². The lowest BCUT2D eigenvalue weighted by molar-refractivity contribution is 0.0926. The third-order valence-corrected chi connectivity index (χ3v) is 7.94. The number of aromatic nitrogens is 3. The van der Waals surface area contributed by atoms with E-state index in [1.165, 1.54) is 31.7 Å². The van der Waals surface area contributed by atoms with Crippen molar-refractivity contribution in [1.82, 2.24) is 15.0 Å². The summed E-state index contributed by atoms with van der Waals surface area (Å²) in [6.07, 6.45) is 9.44. The molecule has 0 aromatic carbocycles. The normalized spacial score (nSPS) is 26.9. The Kier molecular flexibility index (Phi) is 4.46. The molecule has 7 rings (SSSR count). The summed E-state index contributed by atoms with van der Waals surface area (Å²) >= 11 is 0. The number of fused-ring (bicyclic) bond motifs is 4. The second-order valence-corrected chi connectivity index (χ2v) is 9.73. The fourth-order valence-electron chi connectivity index (χ4n) is 6.05. The zero-order valence-corrected chi connectivity index (χ0v) is 18.0. The number of hydrogen-bond donors (Lipinski definition) is 2. The molecule has 7 heteroatoms. The Hall–Kier alpha value is -3.01. The molecular formula is C25H25F2N5. The topological polar surface area (TPSA) is 58.0 Å². The molecule has 0 aliphatic heterocycles. The summed E-state index contributed by atoms with van der Waals surface area (Å²) in [6.45, 7) is 10.1. The van der Waals surface area contributed by atoms with E-state index in [2.05, 4.69) is 32.0 Å². The largest absolute Gasteiger partial charge is 0.364 e. The van der Waals surface area contributed by atoms with Gasteiger partial charge in [0.1, 0.15) is 11.5 Å². The molecule has 4 aliphatic rings. The minimum atomic E-state index is -0.461. The Labute approximate surface area is 185 Å². The fraction of sp³-hybridized carbons (Fsp3) is 0.480. The molecule has 2 bridgehead atoms. The molecule has 3 heterocycles. The molecule has 2 unspecified atom stereocenters. The molecule has 32 heavy (non-hydrogen) atoms. The summed E-state index contributed by atoms with van der Waals surface area (Å²) < 4.78 is 29.7. The van der Waals surface area contributed by atoms with E-state index in [9.17, 15) is 4.39 Å². The Bertz CT molecular complexity index is 1250. The van der Waals surface area contributed by atoms with Gasteiger partial charge in [-0.2, -0.15) is 0 Å². The van der Waals surface area contributed by atoms with Gasteiger partial charge in [-0.1, -0.05) is 6.92 Å². The monoisotopic (exact) mass is 433 g/mol. The SMILES string of the molecule is [C-]#[N+]c1c(-c2c[nH]c3ncc(F)cc23)nc(NC2C3CCC(CC3)C2C)c(F)c1C1CC1. The number of nitrogens with one attached hydrogen (secondary N) is 2. The Morgan fingerprint density at radius 3 is 2.56 bits per heavy atom. The molecule has 0 radical (unpaired) electrons. The minimum absolute atomic E-state index is 0.0432. The van der Waals surface area contributed by atoms with Crippen LogP contribution in [0.2, 0.25) is 0 Å². The number of nitrogens with zero attached hydrogens (tertiary/aromatic N) is 3. The number of halogens is 2. The van der Waals surface area contributed by atoms with Crippen LogP contribution < -0.4 is 5.32 Å². The molecule has 0 amide bonds. The van der Waals surface area contributed by atoms with Gasteiger partial charge in [0.05, 0.1) is 18.5 Å². The third kappa shape index (κ3) is 3.00. The van der Waals surface area contributed by atoms with Crippen LogP contribution in [0.15, 0.2) is 18.5 Å². The van der Waals surface area contributed by atoms with Gasteiger partial charge in [-0.15, -0.1) is 0 Å². The Balaban J connectivity index is 1.51. The van der Waals surface area contributed by atoms with Gasteiger partial charge in [-0.25, -0.2) is 23.6 Å². The maximum Gasteiger partial charge on any atom is 0.219 e. The highest BCUT2D eigenvalue weighted by atomic mass is 19.1. The van der Waals surface area contributed by atoms with Gasteiger partial charge in [0, 0.05) is 28.8 Å². The van der Waals surface area contributed by atoms with Crippen LogP contribution in [0.25, 0.3) is 27.1 Å². The molecule has 164 valence electrons. The van der Waals surface area contributed by atoms with Crippen molar-refractivity contribution < 1.29 is 8.78 Å². The molecular weight excluding hydrogens is 408 g/mol. The van der Waals surface area contributed by atoms with Crippen molar-refractivity contribution in [1.29, 1.82) is 0 Å². The van der Waals surface area contributed by atoms with E-state index in [4.69, 9.17) is 6.57 Å². The van der Waals surface area contributed by atoms with Crippen LogP contribution in [0.5, 0.6) is 0 Å². The van der Waals surface area contributed by atoms with Crippen LogP contribution in [0.3, 0.4) is 0 Å². The van der Waals surface area contributed by atoms with Crippen molar-refractivity contribution in [2.24, 2.45) is 17.8 Å². The molecule has 4 saturated carbocycles. The van der Waals surface area contributed by atoms with Crippen LogP contribution in [-0.4, -0.2) is 21.0 Å². The summed E-state index contributed by atoms with van der Waals surface area (Å²) in [5.74, 6) is 1.09. The predicted molar refractivity (Wildman–Crippen MR) is 120 cm³/mol. The molecule has 3 aromatic heterocycles. The second kappa shape index (κ2) is 7.26. The lowest BCUT2D eigenvalue weighted by Crippen LogP contribution is -2.47. The number of rotatable bonds is 4. The Morgan fingerprint density at radius 2 is 1.88 bits per heavy atom. The first-order valence-electron chi connectivity index (χ1n) is 11.6. The highest BCUT2D eigenvalue weighted by molar-refractivity contribution is 5.97. The number of aromatic amines is 1. The van der Waals surface area contributed by atoms with E-state index in [1.54, 1.807) is 6.20 Å². The van der Waals surface area contributed by atoms with E-state index in [-0.39, 0.29) is 29.3 Å². The lowest BCUT2D eigenvalue weighted by Gasteiger charge is -2.47. The van der Waals surface area contributed by atoms with Gasteiger partial charge in [0.25, 0.3) is 0 Å². The molecule has 3 aromatic rings. The zero-order chi connectivity index (χ0) is 22.0. The molecule has 4 fully saturated rings. The van der Waals surface area contributed by atoms with Crippen molar-refractivity contribution in [3.05, 3.63) is 47.1 Å². The van der Waals surface area contributed by atoms with Crippen molar-refractivity contribution in [3.63, 3.8) is 0 Å². The van der Waals surface area contributed by atoms with Gasteiger partial charge in [0.2, 0.25) is 5.69 Å². The molecule has 0 spiro atoms. The van der Waals surface area contributed by atoms with E-state index in [1.807, 2.05) is 0 Å². The van der Waals surface area contributed by atoms with Crippen molar-refractivity contribution in [3.8, 4) is 11.3 Å². The fourth-order valence-corrected chi connectivity index (χ4v) is 6.05. The van der Waals surface area contributed by atoms with Crippen LogP contribution in [0.1, 0.15) is 56.9 Å². The van der Waals surface area contributed by atoms with E-state index in [0.717, 1.165) is 19.0 Å². The highest BCUT2D eigenvalue weighted by Gasteiger charge is 2.42. The smallest absolute Gasteiger partial charge is 0.219 e. The predicted octanol–water partition coefficient (Wildman–Crippen LogP) is 6.57. The van der Waals surface area contributed by atoms with Crippen LogP contribution >= 0.6 is 0 Å². The maximum atomic E-state index is 15.8. The average molecular weight is 434 g/mol. The van der Waals surface area contributed by atoms with Gasteiger partial charge >= 0.3 is 0 Å². The molecule has 4 aliphatic carbocycles. The van der Waals surface area contributed by atoms with Gasteiger partial charge in [0.15, 0.2) is 11.6 Å². The number of pyridine rings is 2. The summed E-state index contributed by atoms with van der Waals surface area (Å²) in [5, 5.41) is 4.03. The lowest BCUT2D eigenvalue weighted by atomic mass is 9.62. The summed E-state index contributed by atoms with van der Waals surface area (Å²) in [7, 11) is 0. The molecule has 2 N–H and O–H groups in total. The van der Waals surface area contributed by atoms with Gasteiger partial charge in [-0.3, -0.25) is 0 Å². The Morgan fingerprint density at radius 1 is 1.12 bits per heavy atom. The first-order valence-corrected chi connectivity index (χ1v) is 11.6. The van der Waals surface area contributed by atoms with Gasteiger partial charge in [-0.05, 0) is 68.3 Å². The third-order valence-electron chi connectivity index (χ3n) is 7.94. The van der Waals surface area contributed by atoms with Gasteiger partial charge < -0.3 is 10.3 Å². The van der Waals surface area contributed by atoms with Crippen molar-refractivity contribution in [2.45, 2.75) is 57.4 Å². The zero-order valence-electron chi connectivity index (χ0n) is 18.0. The quantitative estimate of drug-likeness (QED) is 0.458. The van der Waals surface area contributed by atoms with Crippen LogP contribution in [0, 0.1) is 36.0 Å². The van der Waals surface area contributed by atoms with Crippen molar-refractivity contribution in [2.75, 3.05) is 5.32 Å². The van der Waals surface area contributed by atoms with E-state index >= 15 is 4.39 Å². The average Bonchev–Trinajstić information content (AvgIpc) is 3.56. The summed E-state index contributed by atoms with van der Waals surface area (Å²) in [6, 6.07) is 1.57. The second-order valence-electron chi connectivity index (χ2n) is 9.73. The minimum Gasteiger partial charge on any atom is -0.364 e. The number of anilines is 1. The van der Waals surface area contributed by atoms with Crippen LogP contribution in [-0.2, 0) is 0 Å². The van der Waals surface area contributed by atoms with Crippen LogP contribution in [0.4, 0.5) is 20.3 Å². The summed E-state index contributed by atoms with van der Waals surface area (Å²) in [4.78, 5) is 15.5. The number of H-pyrrole nitrogens is 1. The van der Waals surface area contributed by atoms with E-state index < -0.39 is 5.82 Å².